The molecule has 3 heterocycles. The lowest BCUT2D eigenvalue weighted by Gasteiger charge is -2.22. The molecule has 134 valence electrons. The van der Waals surface area contributed by atoms with Gasteiger partial charge in [0.1, 0.15) is 11.6 Å². The first kappa shape index (κ1) is 16.4. The van der Waals surface area contributed by atoms with E-state index in [4.69, 9.17) is 9.51 Å². The summed E-state index contributed by atoms with van der Waals surface area (Å²) in [5.74, 6) is 1.91. The van der Waals surface area contributed by atoms with E-state index in [2.05, 4.69) is 15.5 Å². The van der Waals surface area contributed by atoms with Gasteiger partial charge in [-0.25, -0.2) is 9.78 Å². The van der Waals surface area contributed by atoms with Crippen LogP contribution in [0.15, 0.2) is 40.9 Å². The predicted molar refractivity (Wildman–Crippen MR) is 97.7 cm³/mol. The van der Waals surface area contributed by atoms with E-state index in [1.807, 2.05) is 37.3 Å². The number of rotatable bonds is 3. The average molecular weight is 351 g/mol. The first-order valence-corrected chi connectivity index (χ1v) is 8.74. The molecule has 0 spiro atoms. The van der Waals surface area contributed by atoms with Crippen molar-refractivity contribution in [1.29, 1.82) is 0 Å². The number of amides is 2. The second-order valence-electron chi connectivity index (χ2n) is 6.57. The van der Waals surface area contributed by atoms with Crippen molar-refractivity contribution in [3.63, 3.8) is 0 Å². The van der Waals surface area contributed by atoms with Crippen molar-refractivity contribution in [3.8, 4) is 11.3 Å². The number of carbonyl (C=O) groups excluding carboxylic acids is 1. The first-order valence-electron chi connectivity index (χ1n) is 8.74. The molecule has 0 bridgehead atoms. The van der Waals surface area contributed by atoms with Crippen LogP contribution in [0.2, 0.25) is 0 Å². The molecule has 0 aliphatic carbocycles. The molecule has 1 aromatic carbocycles. The smallest absolute Gasteiger partial charge is 0.323 e. The summed E-state index contributed by atoms with van der Waals surface area (Å²) in [6.45, 7) is 4.49. The highest BCUT2D eigenvalue weighted by Gasteiger charge is 2.33. The van der Waals surface area contributed by atoms with Gasteiger partial charge < -0.3 is 14.4 Å². The largest absolute Gasteiger partial charge is 0.360 e. The summed E-state index contributed by atoms with van der Waals surface area (Å²) in [5, 5.41) is 6.62. The van der Waals surface area contributed by atoms with E-state index in [1.165, 1.54) is 0 Å². The Morgan fingerprint density at radius 3 is 2.85 bits per heavy atom. The van der Waals surface area contributed by atoms with Crippen LogP contribution in [-0.4, -0.2) is 32.6 Å². The fourth-order valence-electron chi connectivity index (χ4n) is 3.42. The normalized spacial score (nSPS) is 16.8. The molecular weight excluding hydrogens is 330 g/mol. The Balaban J connectivity index is 1.56. The maximum Gasteiger partial charge on any atom is 0.323 e. The summed E-state index contributed by atoms with van der Waals surface area (Å²) in [6, 6.07) is 11.5. The first-order chi connectivity index (χ1) is 12.6. The Morgan fingerprint density at radius 2 is 2.12 bits per heavy atom. The molecule has 0 saturated carbocycles. The van der Waals surface area contributed by atoms with Crippen LogP contribution in [0.1, 0.15) is 36.2 Å². The fourth-order valence-corrected chi connectivity index (χ4v) is 3.42. The summed E-state index contributed by atoms with van der Waals surface area (Å²) < 4.78 is 5.01. The van der Waals surface area contributed by atoms with Gasteiger partial charge in [-0.3, -0.25) is 5.32 Å². The van der Waals surface area contributed by atoms with Gasteiger partial charge in [-0.1, -0.05) is 35.5 Å². The highest BCUT2D eigenvalue weighted by atomic mass is 16.5. The molecule has 1 aliphatic rings. The third kappa shape index (κ3) is 3.08. The number of nitrogens with zero attached hydrogens (tertiary/aromatic N) is 3. The van der Waals surface area contributed by atoms with Crippen LogP contribution in [0, 0.1) is 13.8 Å². The van der Waals surface area contributed by atoms with E-state index >= 15 is 0 Å². The summed E-state index contributed by atoms with van der Waals surface area (Å²) in [4.78, 5) is 22.6. The molecule has 1 aliphatic heterocycles. The maximum absolute atomic E-state index is 12.7. The quantitative estimate of drug-likeness (QED) is 0.745. The number of hydrogen-bond acceptors (Lipinski definition) is 4. The van der Waals surface area contributed by atoms with E-state index in [0.29, 0.717) is 18.1 Å². The minimum Gasteiger partial charge on any atom is -0.360 e. The van der Waals surface area contributed by atoms with Gasteiger partial charge in [0.2, 0.25) is 0 Å². The van der Waals surface area contributed by atoms with Gasteiger partial charge in [-0.2, -0.15) is 0 Å². The molecule has 7 nitrogen and oxygen atoms in total. The number of benzene rings is 1. The van der Waals surface area contributed by atoms with Gasteiger partial charge >= 0.3 is 6.03 Å². The van der Waals surface area contributed by atoms with Crippen LogP contribution >= 0.6 is 0 Å². The van der Waals surface area contributed by atoms with Crippen LogP contribution in [-0.2, 0) is 0 Å². The molecule has 7 heteroatoms. The number of likely N-dealkylation sites (tertiary alicyclic amines) is 1. The van der Waals surface area contributed by atoms with Crippen molar-refractivity contribution in [2.45, 2.75) is 32.7 Å². The highest BCUT2D eigenvalue weighted by Crippen LogP contribution is 2.33. The number of imidazole rings is 1. The monoisotopic (exact) mass is 351 g/mol. The number of H-pyrrole nitrogens is 1. The number of nitrogens with one attached hydrogen (secondary N) is 2. The van der Waals surface area contributed by atoms with E-state index in [9.17, 15) is 4.79 Å². The molecule has 0 unspecified atom stereocenters. The van der Waals surface area contributed by atoms with Crippen LogP contribution < -0.4 is 5.32 Å². The van der Waals surface area contributed by atoms with Gasteiger partial charge in [-0.15, -0.1) is 0 Å². The molecule has 0 radical (unpaired) electrons. The molecule has 1 saturated heterocycles. The number of hydrogen-bond donors (Lipinski definition) is 2. The average Bonchev–Trinajstić information content (AvgIpc) is 3.35. The second kappa shape index (κ2) is 6.67. The molecule has 2 amide bonds. The van der Waals surface area contributed by atoms with Crippen molar-refractivity contribution >= 4 is 11.8 Å². The van der Waals surface area contributed by atoms with Crippen LogP contribution in [0.5, 0.6) is 0 Å². The molecule has 3 aromatic rings. The van der Waals surface area contributed by atoms with Crippen LogP contribution in [0.25, 0.3) is 11.3 Å². The van der Waals surface area contributed by atoms with Crippen molar-refractivity contribution in [3.05, 3.63) is 53.7 Å². The fraction of sp³-hybridized carbons (Fsp3) is 0.316. The van der Waals surface area contributed by atoms with E-state index in [0.717, 1.165) is 35.6 Å². The zero-order valence-electron chi connectivity index (χ0n) is 14.8. The minimum atomic E-state index is -0.184. The lowest BCUT2D eigenvalue weighted by atomic mass is 10.1. The molecule has 1 fully saturated rings. The lowest BCUT2D eigenvalue weighted by Crippen LogP contribution is -2.35. The topological polar surface area (TPSA) is 87.0 Å². The zero-order chi connectivity index (χ0) is 18.1. The second-order valence-corrected chi connectivity index (χ2v) is 6.57. The van der Waals surface area contributed by atoms with Crippen molar-refractivity contribution in [1.82, 2.24) is 20.0 Å². The Morgan fingerprint density at radius 1 is 1.31 bits per heavy atom. The van der Waals surface area contributed by atoms with Crippen molar-refractivity contribution in [2.75, 3.05) is 11.9 Å². The summed E-state index contributed by atoms with van der Waals surface area (Å²) >= 11 is 0. The summed E-state index contributed by atoms with van der Waals surface area (Å²) in [6.07, 6.45) is 1.82. The van der Waals surface area contributed by atoms with Crippen LogP contribution in [0.4, 0.5) is 10.6 Å². The summed E-state index contributed by atoms with van der Waals surface area (Å²) in [7, 11) is 0. The number of aromatic nitrogens is 3. The van der Waals surface area contributed by atoms with Gasteiger partial charge in [0.25, 0.3) is 0 Å². The number of aromatic amines is 1. The number of aryl methyl sites for hydroxylation is 2. The standard InChI is InChI=1S/C19H21N5O2/c1-12-11-16(23-26-12)21-19(25)24-10-6-9-15(24)18-20-13(2)17(22-18)14-7-4-3-5-8-14/h3-5,7-8,11,15H,6,9-10H2,1-2H3,(H,20,22)(H,21,23,25)/t15-/m0/s1. The third-order valence-electron chi connectivity index (χ3n) is 4.64. The molecular formula is C19H21N5O2. The number of carbonyl (C=O) groups is 1. The zero-order valence-corrected chi connectivity index (χ0v) is 14.8. The number of anilines is 1. The van der Waals surface area contributed by atoms with Gasteiger partial charge in [0.05, 0.1) is 11.7 Å². The van der Waals surface area contributed by atoms with E-state index in [1.54, 1.807) is 17.9 Å². The maximum atomic E-state index is 12.7. The SMILES string of the molecule is Cc1cc(NC(=O)N2CCC[C@H]2c2nc(-c3ccccc3)c(C)[nH]2)no1. The molecule has 2 aromatic heterocycles. The van der Waals surface area contributed by atoms with E-state index < -0.39 is 0 Å². The van der Waals surface area contributed by atoms with E-state index in [-0.39, 0.29) is 12.1 Å². The molecule has 26 heavy (non-hydrogen) atoms. The summed E-state index contributed by atoms with van der Waals surface area (Å²) in [5.41, 5.74) is 3.00. The number of urea groups is 1. The Labute approximate surface area is 151 Å². The highest BCUT2D eigenvalue weighted by molar-refractivity contribution is 5.88. The predicted octanol–water partition coefficient (Wildman–Crippen LogP) is 4.05. The lowest BCUT2D eigenvalue weighted by molar-refractivity contribution is 0.205. The Hall–Kier alpha value is -3.09. The molecule has 1 atom stereocenters. The van der Waals surface area contributed by atoms with Crippen molar-refractivity contribution in [2.24, 2.45) is 0 Å². The molecule has 4 rings (SSSR count). The van der Waals surface area contributed by atoms with Gasteiger partial charge in [0.15, 0.2) is 5.82 Å². The third-order valence-corrected chi connectivity index (χ3v) is 4.64. The minimum absolute atomic E-state index is 0.0702. The van der Waals surface area contributed by atoms with Gasteiger partial charge in [0, 0.05) is 23.9 Å². The Kier molecular flexibility index (Phi) is 4.20. The molecule has 2 N–H and O–H groups in total. The Bertz CT molecular complexity index is 915. The van der Waals surface area contributed by atoms with Crippen molar-refractivity contribution < 1.29 is 9.32 Å². The van der Waals surface area contributed by atoms with Gasteiger partial charge in [-0.05, 0) is 26.7 Å². The van der Waals surface area contributed by atoms with Crippen LogP contribution in [0.3, 0.4) is 0 Å².